The summed E-state index contributed by atoms with van der Waals surface area (Å²) in [6.07, 6.45) is 1.17. The quantitative estimate of drug-likeness (QED) is 0.800. The van der Waals surface area contributed by atoms with Crippen molar-refractivity contribution >= 4 is 11.9 Å². The molecule has 2 aromatic rings. The third-order valence-electron chi connectivity index (χ3n) is 4.84. The van der Waals surface area contributed by atoms with Crippen molar-refractivity contribution in [1.29, 1.82) is 5.26 Å². The Morgan fingerprint density at radius 2 is 1.70 bits per heavy atom. The van der Waals surface area contributed by atoms with E-state index in [2.05, 4.69) is 11.4 Å². The second-order valence-electron chi connectivity index (χ2n) is 6.81. The molecule has 0 saturated carbocycles. The van der Waals surface area contributed by atoms with Gasteiger partial charge in [-0.1, -0.05) is 24.3 Å². The third-order valence-corrected chi connectivity index (χ3v) is 4.84. The maximum atomic E-state index is 12.9. The molecule has 0 unspecified atom stereocenters. The lowest BCUT2D eigenvalue weighted by Crippen LogP contribution is -2.44. The van der Waals surface area contributed by atoms with Crippen LogP contribution in [0.3, 0.4) is 0 Å². The van der Waals surface area contributed by atoms with Gasteiger partial charge in [-0.3, -0.25) is 9.69 Å². The van der Waals surface area contributed by atoms with E-state index < -0.39 is 5.54 Å². The lowest BCUT2D eigenvalue weighted by Gasteiger charge is -2.21. The van der Waals surface area contributed by atoms with E-state index in [-0.39, 0.29) is 18.5 Å². The molecule has 1 atom stereocenters. The second kappa shape index (κ2) is 7.50. The van der Waals surface area contributed by atoms with E-state index >= 15 is 0 Å². The van der Waals surface area contributed by atoms with Crippen molar-refractivity contribution in [3.05, 3.63) is 65.2 Å². The number of methoxy groups -OCH3 is 1. The fourth-order valence-electron chi connectivity index (χ4n) is 3.11. The summed E-state index contributed by atoms with van der Waals surface area (Å²) in [5.41, 5.74) is 1.49. The summed E-state index contributed by atoms with van der Waals surface area (Å²) in [6.45, 7) is 1.95. The number of amides is 3. The molecule has 1 N–H and O–H groups in total. The highest BCUT2D eigenvalue weighted by molar-refractivity contribution is 6.06. The number of carbonyl (C=O) groups excluding carboxylic acids is 2. The summed E-state index contributed by atoms with van der Waals surface area (Å²) < 4.78 is 5.15. The van der Waals surface area contributed by atoms with Crippen LogP contribution in [0.25, 0.3) is 0 Å². The first kappa shape index (κ1) is 18.5. The van der Waals surface area contributed by atoms with Gasteiger partial charge in [0.15, 0.2) is 0 Å². The molecule has 2 aromatic carbocycles. The smallest absolute Gasteiger partial charge is 0.325 e. The van der Waals surface area contributed by atoms with Gasteiger partial charge in [0.2, 0.25) is 0 Å². The number of imide groups is 1. The third kappa shape index (κ3) is 3.93. The molecule has 6 nitrogen and oxygen atoms in total. The van der Waals surface area contributed by atoms with Gasteiger partial charge in [0.25, 0.3) is 5.91 Å². The summed E-state index contributed by atoms with van der Waals surface area (Å²) in [7, 11) is 1.62. The molecule has 1 aliphatic heterocycles. The van der Waals surface area contributed by atoms with Gasteiger partial charge >= 0.3 is 6.03 Å². The van der Waals surface area contributed by atoms with Crippen molar-refractivity contribution in [3.8, 4) is 11.8 Å². The molecular formula is C21H21N3O3. The minimum absolute atomic E-state index is 0.189. The van der Waals surface area contributed by atoms with Crippen LogP contribution < -0.4 is 10.1 Å². The standard InChI is InChI=1S/C21H21N3O3/c1-21(12-11-15-7-9-18(27-2)10-8-15)19(25)24(20(26)23-21)14-17-5-3-16(13-22)4-6-17/h3-10H,11-12,14H2,1-2H3,(H,23,26)/t21-/m0/s1. The summed E-state index contributed by atoms with van der Waals surface area (Å²) in [4.78, 5) is 26.4. The van der Waals surface area contributed by atoms with Crippen molar-refractivity contribution < 1.29 is 14.3 Å². The highest BCUT2D eigenvalue weighted by atomic mass is 16.5. The number of hydrogen-bond donors (Lipinski definition) is 1. The molecule has 27 heavy (non-hydrogen) atoms. The van der Waals surface area contributed by atoms with E-state index in [1.54, 1.807) is 38.3 Å². The molecule has 0 aromatic heterocycles. The number of ether oxygens (including phenoxy) is 1. The summed E-state index contributed by atoms with van der Waals surface area (Å²) in [5.74, 6) is 0.550. The molecule has 6 heteroatoms. The first-order valence-corrected chi connectivity index (χ1v) is 8.71. The van der Waals surface area contributed by atoms with E-state index in [0.717, 1.165) is 16.9 Å². The topological polar surface area (TPSA) is 82.4 Å². The Hall–Kier alpha value is -3.33. The molecular weight excluding hydrogens is 342 g/mol. The maximum Gasteiger partial charge on any atom is 0.325 e. The van der Waals surface area contributed by atoms with Crippen LogP contribution >= 0.6 is 0 Å². The Kier molecular flexibility index (Phi) is 5.13. The number of aryl methyl sites for hydroxylation is 1. The van der Waals surface area contributed by atoms with Crippen LogP contribution in [0.5, 0.6) is 5.75 Å². The normalized spacial score (nSPS) is 18.9. The van der Waals surface area contributed by atoms with E-state index in [1.165, 1.54) is 4.90 Å². The Morgan fingerprint density at radius 3 is 2.30 bits per heavy atom. The average Bonchev–Trinajstić information content (AvgIpc) is 2.91. The van der Waals surface area contributed by atoms with Gasteiger partial charge in [-0.05, 0) is 55.2 Å². The van der Waals surface area contributed by atoms with Gasteiger partial charge < -0.3 is 10.1 Å². The molecule has 0 bridgehead atoms. The highest BCUT2D eigenvalue weighted by Gasteiger charge is 2.47. The second-order valence-corrected chi connectivity index (χ2v) is 6.81. The Bertz CT molecular complexity index is 884. The predicted octanol–water partition coefficient (Wildman–Crippen LogP) is 3.01. The van der Waals surface area contributed by atoms with Crippen molar-refractivity contribution in [2.75, 3.05) is 7.11 Å². The van der Waals surface area contributed by atoms with E-state index in [4.69, 9.17) is 10.00 Å². The molecule has 3 amide bonds. The lowest BCUT2D eigenvalue weighted by atomic mass is 9.93. The van der Waals surface area contributed by atoms with Crippen LogP contribution in [0.4, 0.5) is 4.79 Å². The molecule has 1 heterocycles. The maximum absolute atomic E-state index is 12.9. The van der Waals surface area contributed by atoms with Crippen LogP contribution in [-0.2, 0) is 17.8 Å². The van der Waals surface area contributed by atoms with E-state index in [1.807, 2.05) is 24.3 Å². The van der Waals surface area contributed by atoms with Crippen LogP contribution in [0, 0.1) is 11.3 Å². The summed E-state index contributed by atoms with van der Waals surface area (Å²) >= 11 is 0. The first-order chi connectivity index (χ1) is 12.9. The molecule has 0 spiro atoms. The minimum atomic E-state index is -0.927. The highest BCUT2D eigenvalue weighted by Crippen LogP contribution is 2.25. The van der Waals surface area contributed by atoms with Crippen LogP contribution in [0.1, 0.15) is 30.0 Å². The number of rotatable bonds is 6. The Balaban J connectivity index is 1.66. The largest absolute Gasteiger partial charge is 0.497 e. The fourth-order valence-corrected chi connectivity index (χ4v) is 3.11. The van der Waals surface area contributed by atoms with Gasteiger partial charge in [0.1, 0.15) is 11.3 Å². The molecule has 1 fully saturated rings. The van der Waals surface area contributed by atoms with Crippen LogP contribution in [-0.4, -0.2) is 29.5 Å². The Labute approximate surface area is 158 Å². The zero-order valence-electron chi connectivity index (χ0n) is 15.4. The molecule has 3 rings (SSSR count). The zero-order valence-corrected chi connectivity index (χ0v) is 15.4. The predicted molar refractivity (Wildman–Crippen MR) is 100.0 cm³/mol. The summed E-state index contributed by atoms with van der Waals surface area (Å²) in [5, 5.41) is 11.7. The van der Waals surface area contributed by atoms with Gasteiger partial charge in [-0.25, -0.2) is 4.79 Å². The van der Waals surface area contributed by atoms with Crippen LogP contribution in [0.15, 0.2) is 48.5 Å². The van der Waals surface area contributed by atoms with Gasteiger partial charge in [-0.2, -0.15) is 5.26 Å². The van der Waals surface area contributed by atoms with Gasteiger partial charge in [0, 0.05) is 0 Å². The number of carbonyl (C=O) groups is 2. The van der Waals surface area contributed by atoms with Crippen molar-refractivity contribution in [3.63, 3.8) is 0 Å². The number of benzene rings is 2. The van der Waals surface area contributed by atoms with Crippen molar-refractivity contribution in [2.45, 2.75) is 31.8 Å². The van der Waals surface area contributed by atoms with Crippen molar-refractivity contribution in [1.82, 2.24) is 10.2 Å². The van der Waals surface area contributed by atoms with Gasteiger partial charge in [-0.15, -0.1) is 0 Å². The Morgan fingerprint density at radius 1 is 1.07 bits per heavy atom. The van der Waals surface area contributed by atoms with Gasteiger partial charge in [0.05, 0.1) is 25.3 Å². The SMILES string of the molecule is COc1ccc(CC[C@]2(C)NC(=O)N(Cc3ccc(C#N)cc3)C2=O)cc1. The number of nitrogens with zero attached hydrogens (tertiary/aromatic N) is 2. The average molecular weight is 363 g/mol. The number of urea groups is 1. The molecule has 138 valence electrons. The fraction of sp³-hybridized carbons (Fsp3) is 0.286. The first-order valence-electron chi connectivity index (χ1n) is 8.71. The lowest BCUT2D eigenvalue weighted by molar-refractivity contribution is -0.131. The van der Waals surface area contributed by atoms with E-state index in [0.29, 0.717) is 18.4 Å². The van der Waals surface area contributed by atoms with E-state index in [9.17, 15) is 9.59 Å². The van der Waals surface area contributed by atoms with Crippen molar-refractivity contribution in [2.24, 2.45) is 0 Å². The molecule has 0 aliphatic carbocycles. The zero-order chi connectivity index (χ0) is 19.4. The monoisotopic (exact) mass is 363 g/mol. The summed E-state index contributed by atoms with van der Waals surface area (Å²) in [6, 6.07) is 16.2. The number of nitrogens with one attached hydrogen (secondary N) is 1. The molecule has 1 saturated heterocycles. The molecule has 1 aliphatic rings. The minimum Gasteiger partial charge on any atom is -0.497 e. The molecule has 0 radical (unpaired) electrons. The number of hydrogen-bond acceptors (Lipinski definition) is 4. The number of nitriles is 1. The van der Waals surface area contributed by atoms with Crippen LogP contribution in [0.2, 0.25) is 0 Å².